The Kier molecular flexibility index (Phi) is 6.17. The molecule has 35 heavy (non-hydrogen) atoms. The second-order valence-corrected chi connectivity index (χ2v) is 8.99. The lowest BCUT2D eigenvalue weighted by atomic mass is 10.0. The van der Waals surface area contributed by atoms with Crippen molar-refractivity contribution in [2.24, 2.45) is 0 Å². The van der Waals surface area contributed by atoms with Crippen LogP contribution in [0.2, 0.25) is 0 Å². The van der Waals surface area contributed by atoms with E-state index in [1.165, 1.54) is 10.3 Å². The van der Waals surface area contributed by atoms with E-state index in [0.717, 1.165) is 16.5 Å². The zero-order chi connectivity index (χ0) is 24.5. The van der Waals surface area contributed by atoms with Crippen molar-refractivity contribution in [3.8, 4) is 28.3 Å². The number of hydrogen-bond donors (Lipinski definition) is 3. The van der Waals surface area contributed by atoms with Crippen LogP contribution >= 0.6 is 11.3 Å². The monoisotopic (exact) mass is 485 g/mol. The highest BCUT2D eigenvalue weighted by atomic mass is 32.1. The fourth-order valence-electron chi connectivity index (χ4n) is 4.11. The molecule has 0 spiro atoms. The predicted octanol–water partition coefficient (Wildman–Crippen LogP) is 4.89. The van der Waals surface area contributed by atoms with Crippen LogP contribution < -0.4 is 4.74 Å². The number of carbonyl (C=O) groups is 1. The summed E-state index contributed by atoms with van der Waals surface area (Å²) in [6, 6.07) is 14.8. The molecule has 0 aliphatic heterocycles. The predicted molar refractivity (Wildman–Crippen MR) is 136 cm³/mol. The Bertz CT molecular complexity index is 1550. The normalized spacial score (nSPS) is 11.2. The van der Waals surface area contributed by atoms with E-state index in [9.17, 15) is 15.0 Å². The summed E-state index contributed by atoms with van der Waals surface area (Å²) in [7, 11) is 1.59. The molecule has 0 aliphatic rings. The number of thiophene rings is 1. The summed E-state index contributed by atoms with van der Waals surface area (Å²) in [5, 5.41) is 22.1. The standard InChI is InChI=1S/C27H23N3O4S/c1-15-4-3-5-19-20(14-35-26(15)19)24-23(34-2)9-8-21(29-24)25(33)27-28-11-22(30-27)16-6-7-17(12-31)18(10-16)13-32/h3-11,14,31-32H,12-13H2,1-2H3,(H,28,30). The number of hydrogen-bond acceptors (Lipinski definition) is 7. The lowest BCUT2D eigenvalue weighted by Crippen LogP contribution is -2.07. The van der Waals surface area contributed by atoms with Crippen LogP contribution in [0.1, 0.15) is 33.0 Å². The number of ether oxygens (including phenoxy) is 1. The zero-order valence-electron chi connectivity index (χ0n) is 19.2. The topological polar surface area (TPSA) is 108 Å². The number of rotatable bonds is 7. The third-order valence-corrected chi connectivity index (χ3v) is 7.13. The highest BCUT2D eigenvalue weighted by Gasteiger charge is 2.20. The molecule has 0 fully saturated rings. The molecule has 0 amide bonds. The Labute approximate surface area is 205 Å². The summed E-state index contributed by atoms with van der Waals surface area (Å²) in [6.07, 6.45) is 1.64. The number of methoxy groups -OCH3 is 1. The first-order chi connectivity index (χ1) is 17.0. The quantitative estimate of drug-likeness (QED) is 0.283. The minimum atomic E-state index is -0.342. The van der Waals surface area contributed by atoms with Crippen LogP contribution in [0, 0.1) is 6.92 Å². The molecule has 0 saturated carbocycles. The third kappa shape index (κ3) is 4.12. The van der Waals surface area contributed by atoms with Gasteiger partial charge in [-0.25, -0.2) is 9.97 Å². The lowest BCUT2D eigenvalue weighted by molar-refractivity contribution is 0.102. The van der Waals surface area contributed by atoms with Gasteiger partial charge in [-0.15, -0.1) is 11.3 Å². The van der Waals surface area contributed by atoms with E-state index in [0.29, 0.717) is 28.3 Å². The third-order valence-electron chi connectivity index (χ3n) is 6.00. The zero-order valence-corrected chi connectivity index (χ0v) is 20.0. The molecule has 0 saturated heterocycles. The molecular weight excluding hydrogens is 462 g/mol. The summed E-state index contributed by atoms with van der Waals surface area (Å²) >= 11 is 1.64. The first kappa shape index (κ1) is 22.9. The maximum absolute atomic E-state index is 13.3. The average molecular weight is 486 g/mol. The number of pyridine rings is 1. The number of aliphatic hydroxyl groups excluding tert-OH is 2. The maximum Gasteiger partial charge on any atom is 0.246 e. The van der Waals surface area contributed by atoms with Gasteiger partial charge in [-0.1, -0.05) is 30.3 Å². The molecule has 0 unspecified atom stereocenters. The van der Waals surface area contributed by atoms with Crippen molar-refractivity contribution in [2.45, 2.75) is 20.1 Å². The van der Waals surface area contributed by atoms with Crippen molar-refractivity contribution in [2.75, 3.05) is 7.11 Å². The summed E-state index contributed by atoms with van der Waals surface area (Å²) < 4.78 is 6.73. The fraction of sp³-hybridized carbons (Fsp3) is 0.148. The van der Waals surface area contributed by atoms with Crippen molar-refractivity contribution >= 4 is 27.2 Å². The molecule has 0 aliphatic carbocycles. The molecule has 0 bridgehead atoms. The van der Waals surface area contributed by atoms with Gasteiger partial charge in [0.25, 0.3) is 0 Å². The van der Waals surface area contributed by atoms with Gasteiger partial charge < -0.3 is 19.9 Å². The Hall–Kier alpha value is -3.85. The first-order valence-electron chi connectivity index (χ1n) is 11.0. The van der Waals surface area contributed by atoms with Gasteiger partial charge in [0.2, 0.25) is 5.78 Å². The minimum Gasteiger partial charge on any atom is -0.494 e. The largest absolute Gasteiger partial charge is 0.494 e. The number of carbonyl (C=O) groups excluding carboxylic acids is 1. The summed E-state index contributed by atoms with van der Waals surface area (Å²) in [6.45, 7) is 1.71. The number of ketones is 1. The number of imidazole rings is 1. The summed E-state index contributed by atoms with van der Waals surface area (Å²) in [5.74, 6) is 0.403. The van der Waals surface area contributed by atoms with Crippen molar-refractivity contribution < 1.29 is 19.7 Å². The van der Waals surface area contributed by atoms with E-state index < -0.39 is 0 Å². The van der Waals surface area contributed by atoms with Crippen molar-refractivity contribution in [3.05, 3.63) is 88.3 Å². The van der Waals surface area contributed by atoms with E-state index >= 15 is 0 Å². The highest BCUT2D eigenvalue weighted by molar-refractivity contribution is 7.18. The Morgan fingerprint density at radius 2 is 1.89 bits per heavy atom. The van der Waals surface area contributed by atoms with Crippen LogP contribution in [0.4, 0.5) is 0 Å². The van der Waals surface area contributed by atoms with Crippen LogP contribution in [-0.2, 0) is 13.2 Å². The first-order valence-corrected chi connectivity index (χ1v) is 11.9. The minimum absolute atomic E-state index is 0.159. The van der Waals surface area contributed by atoms with E-state index in [1.807, 2.05) is 17.5 Å². The van der Waals surface area contributed by atoms with Gasteiger partial charge in [0.1, 0.15) is 17.1 Å². The van der Waals surface area contributed by atoms with E-state index in [1.54, 1.807) is 55.0 Å². The summed E-state index contributed by atoms with van der Waals surface area (Å²) in [4.78, 5) is 25.4. The van der Waals surface area contributed by atoms with Crippen molar-refractivity contribution in [1.82, 2.24) is 15.0 Å². The molecule has 5 rings (SSSR count). The summed E-state index contributed by atoms with van der Waals surface area (Å²) in [5.41, 5.74) is 5.50. The molecule has 2 aromatic carbocycles. The SMILES string of the molecule is COc1ccc(C(=O)c2nc(-c3ccc(CO)c(CO)c3)c[nH]2)nc1-c1csc2c(C)cccc12. The van der Waals surface area contributed by atoms with Crippen LogP contribution in [0.25, 0.3) is 32.6 Å². The average Bonchev–Trinajstić information content (AvgIpc) is 3.56. The van der Waals surface area contributed by atoms with E-state index in [4.69, 9.17) is 4.74 Å². The molecule has 3 N–H and O–H groups in total. The molecule has 5 aromatic rings. The molecule has 0 atom stereocenters. The molecule has 176 valence electrons. The van der Waals surface area contributed by atoms with Gasteiger partial charge in [0, 0.05) is 32.8 Å². The molecule has 7 nitrogen and oxygen atoms in total. The smallest absolute Gasteiger partial charge is 0.246 e. The number of nitrogens with one attached hydrogen (secondary N) is 1. The lowest BCUT2D eigenvalue weighted by Gasteiger charge is -2.09. The van der Waals surface area contributed by atoms with Gasteiger partial charge in [0.15, 0.2) is 5.82 Å². The molecule has 3 aromatic heterocycles. The van der Waals surface area contributed by atoms with Crippen molar-refractivity contribution in [1.29, 1.82) is 0 Å². The number of aliphatic hydroxyl groups is 2. The second-order valence-electron chi connectivity index (χ2n) is 8.11. The van der Waals surface area contributed by atoms with Crippen LogP contribution in [0.5, 0.6) is 5.75 Å². The number of fused-ring (bicyclic) bond motifs is 1. The Balaban J connectivity index is 1.51. The van der Waals surface area contributed by atoms with Crippen molar-refractivity contribution in [3.63, 3.8) is 0 Å². The molecule has 8 heteroatoms. The van der Waals surface area contributed by atoms with Gasteiger partial charge in [-0.2, -0.15) is 0 Å². The second kappa shape index (κ2) is 9.42. The van der Waals surface area contributed by atoms with Gasteiger partial charge in [-0.3, -0.25) is 4.79 Å². The number of H-pyrrole nitrogens is 1. The number of aromatic amines is 1. The van der Waals surface area contributed by atoms with Gasteiger partial charge in [0.05, 0.1) is 26.0 Å². The van der Waals surface area contributed by atoms with Crippen LogP contribution in [0.15, 0.2) is 60.1 Å². The number of nitrogens with zero attached hydrogens (tertiary/aromatic N) is 2. The fourth-order valence-corrected chi connectivity index (χ4v) is 5.14. The Morgan fingerprint density at radius 3 is 2.66 bits per heavy atom. The highest BCUT2D eigenvalue weighted by Crippen LogP contribution is 2.39. The Morgan fingerprint density at radius 1 is 1.06 bits per heavy atom. The van der Waals surface area contributed by atoms with E-state index in [2.05, 4.69) is 27.9 Å². The number of benzene rings is 2. The van der Waals surface area contributed by atoms with Crippen LogP contribution in [-0.4, -0.2) is 38.1 Å². The van der Waals surface area contributed by atoms with Crippen LogP contribution in [0.3, 0.4) is 0 Å². The molecule has 3 heterocycles. The molecule has 0 radical (unpaired) electrons. The maximum atomic E-state index is 13.3. The van der Waals surface area contributed by atoms with Gasteiger partial charge >= 0.3 is 0 Å². The molecular formula is C27H23N3O4S. The number of aryl methyl sites for hydroxylation is 1. The number of aromatic nitrogens is 3. The van der Waals surface area contributed by atoms with Gasteiger partial charge in [-0.05, 0) is 41.8 Å². The van der Waals surface area contributed by atoms with E-state index in [-0.39, 0.29) is 30.5 Å².